The number of amides is 1. The number of nitrogens with one attached hydrogen (secondary N) is 2. The van der Waals surface area contributed by atoms with E-state index in [2.05, 4.69) is 19.3 Å². The van der Waals surface area contributed by atoms with E-state index in [1.165, 1.54) is 24.3 Å². The van der Waals surface area contributed by atoms with Crippen LogP contribution in [0.3, 0.4) is 0 Å². The van der Waals surface area contributed by atoms with Gasteiger partial charge in [0.2, 0.25) is 5.91 Å². The molecule has 0 aliphatic heterocycles. The average Bonchev–Trinajstić information content (AvgIpc) is 2.36. The minimum Gasteiger partial charge on any atom is -0.382 e. The SMILES string of the molecule is CCCC[NH+](C)CCNC(=O)CCOCCOC. The van der Waals surface area contributed by atoms with E-state index in [4.69, 9.17) is 9.47 Å². The summed E-state index contributed by atoms with van der Waals surface area (Å²) in [4.78, 5) is 12.9. The molecular formula is C13H29N2O3+. The molecule has 5 heteroatoms. The van der Waals surface area contributed by atoms with Crippen molar-refractivity contribution >= 4 is 5.91 Å². The minimum absolute atomic E-state index is 0.0655. The lowest BCUT2D eigenvalue weighted by molar-refractivity contribution is -0.878. The molecule has 108 valence electrons. The third-order valence-electron chi connectivity index (χ3n) is 2.74. The van der Waals surface area contributed by atoms with Gasteiger partial charge < -0.3 is 19.7 Å². The van der Waals surface area contributed by atoms with Crippen molar-refractivity contribution in [1.29, 1.82) is 0 Å². The Hall–Kier alpha value is -0.650. The summed E-state index contributed by atoms with van der Waals surface area (Å²) < 4.78 is 10.1. The van der Waals surface area contributed by atoms with Crippen LogP contribution in [0.4, 0.5) is 0 Å². The maximum atomic E-state index is 11.4. The fraction of sp³-hybridized carbons (Fsp3) is 0.923. The van der Waals surface area contributed by atoms with Gasteiger partial charge in [-0.1, -0.05) is 13.3 Å². The van der Waals surface area contributed by atoms with Gasteiger partial charge in [0, 0.05) is 13.5 Å². The third-order valence-corrected chi connectivity index (χ3v) is 2.74. The Bertz CT molecular complexity index is 201. The van der Waals surface area contributed by atoms with E-state index in [1.807, 2.05) is 0 Å². The van der Waals surface area contributed by atoms with Crippen molar-refractivity contribution in [2.75, 3.05) is 53.6 Å². The zero-order chi connectivity index (χ0) is 13.6. The smallest absolute Gasteiger partial charge is 0.222 e. The molecule has 0 saturated carbocycles. The van der Waals surface area contributed by atoms with Gasteiger partial charge >= 0.3 is 0 Å². The number of likely N-dealkylation sites (N-methyl/N-ethyl adjacent to an activating group) is 1. The van der Waals surface area contributed by atoms with Crippen molar-refractivity contribution in [2.45, 2.75) is 26.2 Å². The van der Waals surface area contributed by atoms with Crippen LogP contribution in [-0.4, -0.2) is 59.5 Å². The lowest BCUT2D eigenvalue weighted by Crippen LogP contribution is -3.09. The first-order chi connectivity index (χ1) is 8.70. The summed E-state index contributed by atoms with van der Waals surface area (Å²) in [5.41, 5.74) is 0. The Morgan fingerprint density at radius 3 is 2.67 bits per heavy atom. The number of methoxy groups -OCH3 is 1. The summed E-state index contributed by atoms with van der Waals surface area (Å²) in [6.07, 6.45) is 2.90. The van der Waals surface area contributed by atoms with Crippen LogP contribution in [0.25, 0.3) is 0 Å². The van der Waals surface area contributed by atoms with Gasteiger partial charge in [0.1, 0.15) is 0 Å². The van der Waals surface area contributed by atoms with Crippen molar-refractivity contribution in [1.82, 2.24) is 5.32 Å². The first kappa shape index (κ1) is 17.4. The zero-order valence-corrected chi connectivity index (χ0v) is 12.1. The first-order valence-electron chi connectivity index (χ1n) is 6.85. The minimum atomic E-state index is 0.0655. The predicted molar refractivity (Wildman–Crippen MR) is 71.9 cm³/mol. The van der Waals surface area contributed by atoms with E-state index in [0.717, 1.165) is 13.1 Å². The van der Waals surface area contributed by atoms with Crippen LogP contribution in [0.5, 0.6) is 0 Å². The van der Waals surface area contributed by atoms with Gasteiger partial charge in [-0.3, -0.25) is 4.79 Å². The van der Waals surface area contributed by atoms with E-state index in [9.17, 15) is 4.79 Å². The molecule has 5 nitrogen and oxygen atoms in total. The Labute approximate surface area is 111 Å². The van der Waals surface area contributed by atoms with Crippen molar-refractivity contribution in [3.05, 3.63) is 0 Å². The Balaban J connectivity index is 3.31. The van der Waals surface area contributed by atoms with E-state index in [0.29, 0.717) is 26.2 Å². The zero-order valence-electron chi connectivity index (χ0n) is 12.1. The van der Waals surface area contributed by atoms with Gasteiger partial charge in [-0.25, -0.2) is 0 Å². The van der Waals surface area contributed by atoms with Crippen LogP contribution in [0.2, 0.25) is 0 Å². The highest BCUT2D eigenvalue weighted by atomic mass is 16.5. The molecule has 0 aliphatic rings. The Morgan fingerprint density at radius 1 is 1.22 bits per heavy atom. The fourth-order valence-corrected chi connectivity index (χ4v) is 1.52. The summed E-state index contributed by atoms with van der Waals surface area (Å²) in [6, 6.07) is 0. The quantitative estimate of drug-likeness (QED) is 0.464. The molecule has 18 heavy (non-hydrogen) atoms. The lowest BCUT2D eigenvalue weighted by atomic mass is 10.3. The largest absolute Gasteiger partial charge is 0.382 e. The molecule has 0 aromatic carbocycles. The number of rotatable bonds is 12. The second-order valence-electron chi connectivity index (χ2n) is 4.52. The number of quaternary nitrogens is 1. The standard InChI is InChI=1S/C13H28N2O3/c1-4-5-8-15(2)9-7-14-13(16)6-10-18-12-11-17-3/h4-12H2,1-3H3,(H,14,16)/p+1. The van der Waals surface area contributed by atoms with Gasteiger partial charge in [0.25, 0.3) is 0 Å². The molecule has 0 fully saturated rings. The maximum Gasteiger partial charge on any atom is 0.222 e. The molecule has 0 radical (unpaired) electrons. The molecule has 1 amide bonds. The van der Waals surface area contributed by atoms with E-state index in [-0.39, 0.29) is 5.91 Å². The van der Waals surface area contributed by atoms with Gasteiger partial charge in [-0.15, -0.1) is 0 Å². The predicted octanol–water partition coefficient (Wildman–Crippen LogP) is -0.529. The molecule has 0 saturated heterocycles. The van der Waals surface area contributed by atoms with Crippen LogP contribution < -0.4 is 10.2 Å². The summed E-state index contributed by atoms with van der Waals surface area (Å²) >= 11 is 0. The maximum absolute atomic E-state index is 11.4. The summed E-state index contributed by atoms with van der Waals surface area (Å²) in [5.74, 6) is 0.0655. The number of unbranched alkanes of at least 4 members (excludes halogenated alkanes) is 1. The highest BCUT2D eigenvalue weighted by molar-refractivity contribution is 5.75. The molecule has 0 spiro atoms. The van der Waals surface area contributed by atoms with Crippen LogP contribution in [0.1, 0.15) is 26.2 Å². The monoisotopic (exact) mass is 261 g/mol. The van der Waals surface area contributed by atoms with E-state index in [1.54, 1.807) is 7.11 Å². The number of ether oxygens (including phenoxy) is 2. The fourth-order valence-electron chi connectivity index (χ4n) is 1.52. The Morgan fingerprint density at radius 2 is 2.00 bits per heavy atom. The molecule has 0 bridgehead atoms. The molecule has 0 heterocycles. The number of carbonyl (C=O) groups is 1. The van der Waals surface area contributed by atoms with Gasteiger partial charge in [0.15, 0.2) is 0 Å². The molecule has 2 N–H and O–H groups in total. The molecule has 1 unspecified atom stereocenters. The van der Waals surface area contributed by atoms with E-state index < -0.39 is 0 Å². The molecule has 0 aromatic heterocycles. The van der Waals surface area contributed by atoms with Crippen molar-refractivity contribution < 1.29 is 19.2 Å². The van der Waals surface area contributed by atoms with Crippen molar-refractivity contribution in [3.63, 3.8) is 0 Å². The normalized spacial score (nSPS) is 12.4. The number of hydrogen-bond donors (Lipinski definition) is 2. The number of hydrogen-bond acceptors (Lipinski definition) is 3. The molecule has 0 rings (SSSR count). The summed E-state index contributed by atoms with van der Waals surface area (Å²) in [5, 5.41) is 2.91. The lowest BCUT2D eigenvalue weighted by Gasteiger charge is -2.13. The van der Waals surface area contributed by atoms with Crippen LogP contribution in [0.15, 0.2) is 0 Å². The van der Waals surface area contributed by atoms with Gasteiger partial charge in [-0.2, -0.15) is 0 Å². The second kappa shape index (κ2) is 12.8. The third kappa shape index (κ3) is 11.8. The average molecular weight is 261 g/mol. The van der Waals surface area contributed by atoms with Gasteiger partial charge in [-0.05, 0) is 6.42 Å². The van der Waals surface area contributed by atoms with Gasteiger partial charge in [0.05, 0.1) is 46.5 Å². The molecule has 0 aromatic rings. The number of carbonyl (C=O) groups excluding carboxylic acids is 1. The molecule has 1 atom stereocenters. The first-order valence-corrected chi connectivity index (χ1v) is 6.85. The molecular weight excluding hydrogens is 232 g/mol. The summed E-state index contributed by atoms with van der Waals surface area (Å²) in [7, 11) is 3.79. The van der Waals surface area contributed by atoms with Crippen LogP contribution >= 0.6 is 0 Å². The summed E-state index contributed by atoms with van der Waals surface area (Å²) in [6.45, 7) is 6.68. The van der Waals surface area contributed by atoms with Crippen molar-refractivity contribution in [3.8, 4) is 0 Å². The van der Waals surface area contributed by atoms with Crippen LogP contribution in [-0.2, 0) is 14.3 Å². The second-order valence-corrected chi connectivity index (χ2v) is 4.52. The van der Waals surface area contributed by atoms with E-state index >= 15 is 0 Å². The Kier molecular flexibility index (Phi) is 12.3. The van der Waals surface area contributed by atoms with Crippen LogP contribution in [0, 0.1) is 0 Å². The highest BCUT2D eigenvalue weighted by Gasteiger charge is 2.04. The highest BCUT2D eigenvalue weighted by Crippen LogP contribution is 1.83. The van der Waals surface area contributed by atoms with Crippen molar-refractivity contribution in [2.24, 2.45) is 0 Å². The molecule has 0 aliphatic carbocycles. The topological polar surface area (TPSA) is 52.0 Å².